The van der Waals surface area contributed by atoms with Crippen molar-refractivity contribution in [2.75, 3.05) is 13.7 Å². The number of para-hydroxylation sites is 1. The molecule has 102 valence electrons. The van der Waals surface area contributed by atoms with Gasteiger partial charge in [-0.25, -0.2) is 0 Å². The summed E-state index contributed by atoms with van der Waals surface area (Å²) in [5.41, 5.74) is 6.29. The van der Waals surface area contributed by atoms with Crippen LogP contribution in [0.3, 0.4) is 0 Å². The van der Waals surface area contributed by atoms with Crippen molar-refractivity contribution in [3.05, 3.63) is 23.8 Å². The number of benzene rings is 1. The number of phenolic OH excluding ortho intramolecular Hbond substituents is 1. The van der Waals surface area contributed by atoms with E-state index >= 15 is 0 Å². The second-order valence-corrected chi connectivity index (χ2v) is 3.51. The molecule has 0 aliphatic heterocycles. The van der Waals surface area contributed by atoms with Gasteiger partial charge in [-0.3, -0.25) is 4.79 Å². The van der Waals surface area contributed by atoms with E-state index < -0.39 is 12.0 Å². The largest absolute Gasteiger partial charge is 0.504 e. The lowest BCUT2D eigenvalue weighted by Gasteiger charge is -2.14. The van der Waals surface area contributed by atoms with Gasteiger partial charge >= 0.3 is 5.97 Å². The van der Waals surface area contributed by atoms with Crippen molar-refractivity contribution < 1.29 is 19.4 Å². The van der Waals surface area contributed by atoms with Crippen LogP contribution < -0.4 is 10.5 Å². The number of rotatable bonds is 5. The molecule has 0 unspecified atom stereocenters. The van der Waals surface area contributed by atoms with E-state index in [1.807, 2.05) is 6.92 Å². The van der Waals surface area contributed by atoms with E-state index in [4.69, 9.17) is 10.5 Å². The van der Waals surface area contributed by atoms with Gasteiger partial charge in [0.1, 0.15) is 0 Å². The fourth-order valence-electron chi connectivity index (χ4n) is 1.48. The van der Waals surface area contributed by atoms with Gasteiger partial charge in [0.05, 0.1) is 20.1 Å². The Morgan fingerprint density at radius 1 is 1.50 bits per heavy atom. The van der Waals surface area contributed by atoms with Crippen molar-refractivity contribution >= 4 is 18.4 Å². The third kappa shape index (κ3) is 4.09. The predicted molar refractivity (Wildman–Crippen MR) is 70.1 cm³/mol. The zero-order chi connectivity index (χ0) is 12.8. The average molecular weight is 276 g/mol. The van der Waals surface area contributed by atoms with Crippen LogP contribution in [0.2, 0.25) is 0 Å². The zero-order valence-electron chi connectivity index (χ0n) is 10.4. The number of ether oxygens (including phenoxy) is 2. The summed E-state index contributed by atoms with van der Waals surface area (Å²) in [5, 5.41) is 9.92. The number of nitrogens with two attached hydrogens (primary N) is 1. The van der Waals surface area contributed by atoms with Crippen LogP contribution >= 0.6 is 12.4 Å². The lowest BCUT2D eigenvalue weighted by atomic mass is 10.0. The molecule has 0 aliphatic rings. The highest BCUT2D eigenvalue weighted by Crippen LogP contribution is 2.33. The van der Waals surface area contributed by atoms with Crippen LogP contribution in [0.15, 0.2) is 18.2 Å². The van der Waals surface area contributed by atoms with Gasteiger partial charge in [0, 0.05) is 11.6 Å². The molecule has 5 nitrogen and oxygen atoms in total. The SMILES string of the molecule is CCOc1cccc([C@@H](N)CC(=O)OC)c1O.Cl. The normalized spacial score (nSPS) is 11.3. The predicted octanol–water partition coefficient (Wildman–Crippen LogP) is 1.78. The molecule has 0 heterocycles. The number of esters is 1. The molecule has 0 fully saturated rings. The van der Waals surface area contributed by atoms with Gasteiger partial charge in [0.25, 0.3) is 0 Å². The smallest absolute Gasteiger partial charge is 0.307 e. The minimum absolute atomic E-state index is 0. The second kappa shape index (κ2) is 7.79. The van der Waals surface area contributed by atoms with Gasteiger partial charge in [-0.1, -0.05) is 12.1 Å². The first-order chi connectivity index (χ1) is 8.10. The van der Waals surface area contributed by atoms with E-state index in [1.165, 1.54) is 7.11 Å². The highest BCUT2D eigenvalue weighted by molar-refractivity contribution is 5.85. The molecule has 0 radical (unpaired) electrons. The molecular weight excluding hydrogens is 258 g/mol. The van der Waals surface area contributed by atoms with Gasteiger partial charge < -0.3 is 20.3 Å². The quantitative estimate of drug-likeness (QED) is 0.801. The maximum absolute atomic E-state index is 11.1. The molecule has 0 amide bonds. The number of carbonyl (C=O) groups is 1. The Morgan fingerprint density at radius 3 is 2.72 bits per heavy atom. The first-order valence-corrected chi connectivity index (χ1v) is 5.37. The Kier molecular flexibility index (Phi) is 7.16. The Balaban J connectivity index is 0.00000289. The van der Waals surface area contributed by atoms with E-state index in [9.17, 15) is 9.90 Å². The third-order valence-corrected chi connectivity index (χ3v) is 2.34. The first-order valence-electron chi connectivity index (χ1n) is 5.37. The molecule has 0 spiro atoms. The summed E-state index contributed by atoms with van der Waals surface area (Å²) in [6, 6.07) is 4.42. The highest BCUT2D eigenvalue weighted by Gasteiger charge is 2.17. The molecule has 0 bridgehead atoms. The van der Waals surface area contributed by atoms with Crippen LogP contribution in [-0.2, 0) is 9.53 Å². The molecule has 0 saturated carbocycles. The van der Waals surface area contributed by atoms with Crippen LogP contribution in [0, 0.1) is 0 Å². The summed E-state index contributed by atoms with van der Waals surface area (Å²) in [5.74, 6) is -0.0743. The summed E-state index contributed by atoms with van der Waals surface area (Å²) in [6.07, 6.45) is 0.0135. The van der Waals surface area contributed by atoms with Crippen LogP contribution in [0.1, 0.15) is 24.9 Å². The molecule has 1 atom stereocenters. The van der Waals surface area contributed by atoms with Crippen molar-refractivity contribution in [2.45, 2.75) is 19.4 Å². The van der Waals surface area contributed by atoms with Crippen molar-refractivity contribution in [3.63, 3.8) is 0 Å². The summed E-state index contributed by atoms with van der Waals surface area (Å²) < 4.78 is 9.77. The maximum Gasteiger partial charge on any atom is 0.307 e. The van der Waals surface area contributed by atoms with Crippen molar-refractivity contribution in [1.82, 2.24) is 0 Å². The lowest BCUT2D eigenvalue weighted by molar-refractivity contribution is -0.141. The standard InChI is InChI=1S/C12H17NO4.ClH/c1-3-17-10-6-4-5-8(12(10)15)9(13)7-11(14)16-2;/h4-6,9,15H,3,7,13H2,1-2H3;1H/t9-;/m0./s1. The molecule has 6 heteroatoms. The number of halogens is 1. The molecule has 0 saturated heterocycles. The topological polar surface area (TPSA) is 81.8 Å². The van der Waals surface area contributed by atoms with Crippen molar-refractivity contribution in [2.24, 2.45) is 5.73 Å². The van der Waals surface area contributed by atoms with Gasteiger partial charge in [-0.2, -0.15) is 0 Å². The highest BCUT2D eigenvalue weighted by atomic mass is 35.5. The minimum atomic E-state index is -0.608. The number of hydrogen-bond donors (Lipinski definition) is 2. The molecule has 1 rings (SSSR count). The van der Waals surface area contributed by atoms with Crippen LogP contribution in [-0.4, -0.2) is 24.8 Å². The summed E-state index contributed by atoms with van der Waals surface area (Å²) in [6.45, 7) is 2.27. The van der Waals surface area contributed by atoms with Gasteiger partial charge in [-0.05, 0) is 13.0 Å². The average Bonchev–Trinajstić information content (AvgIpc) is 2.31. The van der Waals surface area contributed by atoms with E-state index in [0.29, 0.717) is 17.9 Å². The molecule has 1 aromatic carbocycles. The first kappa shape index (κ1) is 16.5. The fraction of sp³-hybridized carbons (Fsp3) is 0.417. The molecule has 1 aromatic rings. The van der Waals surface area contributed by atoms with Crippen molar-refractivity contribution in [1.29, 1.82) is 0 Å². The van der Waals surface area contributed by atoms with Crippen LogP contribution in [0.5, 0.6) is 11.5 Å². The van der Waals surface area contributed by atoms with Crippen LogP contribution in [0.4, 0.5) is 0 Å². The Bertz CT molecular complexity index is 398. The lowest BCUT2D eigenvalue weighted by Crippen LogP contribution is -2.16. The van der Waals surface area contributed by atoms with Gasteiger partial charge in [-0.15, -0.1) is 12.4 Å². The van der Waals surface area contributed by atoms with Gasteiger partial charge in [0.15, 0.2) is 11.5 Å². The van der Waals surface area contributed by atoms with Crippen LogP contribution in [0.25, 0.3) is 0 Å². The minimum Gasteiger partial charge on any atom is -0.504 e. The van der Waals surface area contributed by atoms with E-state index in [-0.39, 0.29) is 24.6 Å². The van der Waals surface area contributed by atoms with Crippen molar-refractivity contribution in [3.8, 4) is 11.5 Å². The Hall–Kier alpha value is -1.46. The second-order valence-electron chi connectivity index (χ2n) is 3.51. The monoisotopic (exact) mass is 275 g/mol. The summed E-state index contributed by atoms with van der Waals surface area (Å²) in [4.78, 5) is 11.1. The molecule has 18 heavy (non-hydrogen) atoms. The number of carbonyl (C=O) groups excluding carboxylic acids is 1. The third-order valence-electron chi connectivity index (χ3n) is 2.34. The maximum atomic E-state index is 11.1. The number of hydrogen-bond acceptors (Lipinski definition) is 5. The van der Waals surface area contributed by atoms with E-state index in [0.717, 1.165) is 0 Å². The molecule has 3 N–H and O–H groups in total. The van der Waals surface area contributed by atoms with E-state index in [2.05, 4.69) is 4.74 Å². The van der Waals surface area contributed by atoms with Gasteiger partial charge in [0.2, 0.25) is 0 Å². The molecule has 0 aromatic heterocycles. The number of phenols is 1. The number of aromatic hydroxyl groups is 1. The Morgan fingerprint density at radius 2 is 2.17 bits per heavy atom. The zero-order valence-corrected chi connectivity index (χ0v) is 11.2. The van der Waals surface area contributed by atoms with E-state index in [1.54, 1.807) is 18.2 Å². The fourth-order valence-corrected chi connectivity index (χ4v) is 1.48. The molecular formula is C12H18ClNO4. The number of methoxy groups -OCH3 is 1. The summed E-state index contributed by atoms with van der Waals surface area (Å²) >= 11 is 0. The summed E-state index contributed by atoms with van der Waals surface area (Å²) in [7, 11) is 1.30. The Labute approximate surface area is 112 Å². The molecule has 0 aliphatic carbocycles.